The fraction of sp³-hybridized carbons (Fsp3) is 0.393. The lowest BCUT2D eigenvalue weighted by Gasteiger charge is -2.36. The maximum Gasteiger partial charge on any atom is 0.573 e. The number of nitrogens with zero attached hydrogens (tertiary/aromatic N) is 8. The minimum absolute atomic E-state index is 0.0270. The first kappa shape index (κ1) is 114. The molecule has 4 aliphatic heterocycles. The topological polar surface area (TPSA) is 223 Å². The predicted octanol–water partition coefficient (Wildman–Crippen LogP) is 28.5. The molecule has 12 aromatic rings. The van der Waals surface area contributed by atoms with Crippen molar-refractivity contribution in [1.82, 2.24) is 37.9 Å². The SMILES string of the molecule is CC(=O)C1CCN(C(=O)c2ccc(Cl)c(Cn3cc(C)c4cc(OC(F)(F)F)cc(C)c43)c2Cl)CC1.CC(=O)CC1CCN(C(=O)c2ccc(Cl)c(C(=O)n3cc(C)c4cc(OC(F)(F)F)cc(C)c43)c2Cl)CC1.CC(=O)CC1CCN(C(=O)c2ccc(Cl)c(Cn3cc(C)c4cc(OC(F)(F)F)cc(C)c43)c2Cl)CC1.CC(=O)[C@@H]1CCN(C(=O)c2ccc(Cl)c(Cn3cc(C)c4cc(OC(F)(F)F)cc(C)c43)c2Cl)C[C@@H]1C. The number of Topliss-reactive ketones (excluding diaryl/α,β-unsaturated/α-hetero) is 4. The second-order valence-corrected chi connectivity index (χ2v) is 41.3. The van der Waals surface area contributed by atoms with Gasteiger partial charge in [0.2, 0.25) is 0 Å². The lowest BCUT2D eigenvalue weighted by Crippen LogP contribution is -2.44. The number of rotatable bonds is 21. The first-order valence-electron chi connectivity index (χ1n) is 47.3. The number of aromatic nitrogens is 4. The predicted molar refractivity (Wildman–Crippen MR) is 546 cm³/mol. The number of carbonyl (C=O) groups excluding carboxylic acids is 9. The Balaban J connectivity index is 0.000000165. The van der Waals surface area contributed by atoms with Gasteiger partial charge in [-0.3, -0.25) is 38.1 Å². The standard InChI is InChI=1S/C27H25Cl2F3N2O4.2C27H27Cl2F3N2O3.C26H25Cl2F3N2O3/c1-14-10-18(38-27(30,31)32)12-20-15(2)13-34(24(14)20)26(37)22-21(28)5-4-19(23(22)29)25(36)33-8-6-17(7-9-33)11-16(3)35;1-14-9-18(37-27(30,31)32)10-21-16(3)12-34(25(14)21)13-22-23(28)6-5-20(24(22)29)26(36)33-8-7-19(17(4)35)15(2)11-33;1-15-10-19(37-27(30,31)32)12-21-16(2)13-34(25(15)21)14-22-23(28)5-4-20(24(22)29)26(36)33-8-6-18(7-9-33)11-17(3)35;1-14-10-18(36-26(29,30)31)11-20-15(2)12-33(24(14)20)13-21-22(27)5-4-19(23(21)28)25(35)32-8-6-17(7-9-32)16(3)34/h4-5,10,12-13,17H,6-9,11H2,1-3H3;5-6,9-10,12,15,19H,7-8,11,13H2,1-4H3;4-5,10,12-13,18H,6-9,11,14H2,1-3H3;4-5,10-12,17H,6-9,13H2,1-3H3/t;15-,19+;;/m.0../s1. The summed E-state index contributed by atoms with van der Waals surface area (Å²) in [5, 5.41) is 4.01. The number of piperidine rings is 4. The molecule has 8 heterocycles. The van der Waals surface area contributed by atoms with Crippen LogP contribution in [-0.2, 0) is 38.8 Å². The van der Waals surface area contributed by atoms with Gasteiger partial charge < -0.3 is 61.8 Å². The van der Waals surface area contributed by atoms with Crippen LogP contribution in [0.3, 0.4) is 0 Å². The Hall–Kier alpha value is -11.2. The van der Waals surface area contributed by atoms with Crippen molar-refractivity contribution in [2.75, 3.05) is 52.4 Å². The largest absolute Gasteiger partial charge is 0.573 e. The third-order valence-corrected chi connectivity index (χ3v) is 30.3. The van der Waals surface area contributed by atoms with Gasteiger partial charge in [0.25, 0.3) is 29.5 Å². The van der Waals surface area contributed by atoms with Gasteiger partial charge in [-0.25, -0.2) is 0 Å². The second-order valence-electron chi connectivity index (χ2n) is 38.2. The summed E-state index contributed by atoms with van der Waals surface area (Å²) in [6, 6.07) is 23.1. The number of hydrogen-bond acceptors (Lipinski definition) is 13. The number of halogens is 20. The number of benzene rings is 8. The van der Waals surface area contributed by atoms with Crippen molar-refractivity contribution in [3.05, 3.63) is 251 Å². The molecule has 790 valence electrons. The first-order chi connectivity index (χ1) is 69.2. The van der Waals surface area contributed by atoms with Crippen molar-refractivity contribution in [1.29, 1.82) is 0 Å². The van der Waals surface area contributed by atoms with Crippen molar-refractivity contribution < 1.29 is 115 Å². The highest BCUT2D eigenvalue weighted by Gasteiger charge is 2.40. The zero-order chi connectivity index (χ0) is 109. The lowest BCUT2D eigenvalue weighted by molar-refractivity contribution is -0.275. The number of fused-ring (bicyclic) bond motifs is 4. The van der Waals surface area contributed by atoms with Crippen molar-refractivity contribution in [2.45, 2.75) is 193 Å². The van der Waals surface area contributed by atoms with E-state index in [9.17, 15) is 95.8 Å². The minimum Gasteiger partial charge on any atom is -0.406 e. The maximum absolute atomic E-state index is 13.7. The van der Waals surface area contributed by atoms with Gasteiger partial charge in [0.05, 0.1) is 94.6 Å². The Morgan fingerprint density at radius 1 is 0.324 bits per heavy atom. The molecule has 0 spiro atoms. The Bertz CT molecular complexity index is 7210. The van der Waals surface area contributed by atoms with E-state index in [4.69, 9.17) is 92.8 Å². The van der Waals surface area contributed by atoms with E-state index in [1.807, 2.05) is 39.2 Å². The quantitative estimate of drug-likeness (QED) is 0.0611. The van der Waals surface area contributed by atoms with Gasteiger partial charge in [0.15, 0.2) is 0 Å². The van der Waals surface area contributed by atoms with Crippen LogP contribution in [0.25, 0.3) is 43.6 Å². The molecular weight excluding hydrogens is 2120 g/mol. The van der Waals surface area contributed by atoms with E-state index in [-0.39, 0.29) is 149 Å². The molecule has 4 amide bonds. The molecule has 4 fully saturated rings. The molecule has 0 unspecified atom stereocenters. The molecule has 0 radical (unpaired) electrons. The monoisotopic (exact) mass is 2220 g/mol. The van der Waals surface area contributed by atoms with E-state index in [0.29, 0.717) is 201 Å². The van der Waals surface area contributed by atoms with E-state index in [1.165, 1.54) is 71.4 Å². The average molecular weight is 2220 g/mol. The Kier molecular flexibility index (Phi) is 35.7. The summed E-state index contributed by atoms with van der Waals surface area (Å²) in [5.74, 6) is -1.86. The summed E-state index contributed by atoms with van der Waals surface area (Å²) in [5.41, 5.74) is 10.1. The van der Waals surface area contributed by atoms with Crippen molar-refractivity contribution in [2.24, 2.45) is 29.6 Å². The number of ketones is 4. The number of alkyl halides is 12. The van der Waals surface area contributed by atoms with Gasteiger partial charge in [0, 0.05) is 155 Å². The zero-order valence-corrected chi connectivity index (χ0v) is 88.6. The van der Waals surface area contributed by atoms with E-state index >= 15 is 0 Å². The summed E-state index contributed by atoms with van der Waals surface area (Å²) in [6.45, 7) is 26.5. The van der Waals surface area contributed by atoms with Crippen LogP contribution < -0.4 is 18.9 Å². The number of ether oxygens (including phenoxy) is 4. The number of likely N-dealkylation sites (tertiary alicyclic amines) is 4. The van der Waals surface area contributed by atoms with Crippen molar-refractivity contribution in [3.63, 3.8) is 0 Å². The minimum atomic E-state index is -4.86. The summed E-state index contributed by atoms with van der Waals surface area (Å²) in [7, 11) is 0. The highest BCUT2D eigenvalue weighted by atomic mass is 35.5. The van der Waals surface area contributed by atoms with Gasteiger partial charge in [0.1, 0.15) is 46.1 Å². The van der Waals surface area contributed by atoms with Gasteiger partial charge in [-0.1, -0.05) is 99.7 Å². The Morgan fingerprint density at radius 2 is 0.601 bits per heavy atom. The third kappa shape index (κ3) is 26.9. The molecule has 0 saturated carbocycles. The molecule has 4 aromatic heterocycles. The van der Waals surface area contributed by atoms with Crippen LogP contribution >= 0.6 is 92.8 Å². The smallest absolute Gasteiger partial charge is 0.406 e. The van der Waals surface area contributed by atoms with Crippen LogP contribution in [-0.4, -0.2) is 168 Å². The van der Waals surface area contributed by atoms with E-state index in [1.54, 1.807) is 139 Å². The normalized spacial score (nSPS) is 15.7. The third-order valence-electron chi connectivity index (χ3n) is 27.2. The lowest BCUT2D eigenvalue weighted by atomic mass is 9.84. The molecule has 2 atom stereocenters. The van der Waals surface area contributed by atoms with Crippen LogP contribution in [0.2, 0.25) is 40.2 Å². The first-order valence-corrected chi connectivity index (χ1v) is 50.3. The summed E-state index contributed by atoms with van der Waals surface area (Å²) >= 11 is 52.7. The zero-order valence-electron chi connectivity index (χ0n) is 82.5. The second kappa shape index (κ2) is 46.3. The molecule has 41 heteroatoms. The molecule has 21 nitrogen and oxygen atoms in total. The number of aryl methyl sites for hydroxylation is 8. The molecule has 4 aliphatic rings. The number of hydrogen-bond donors (Lipinski definition) is 0. The molecule has 148 heavy (non-hydrogen) atoms. The highest BCUT2D eigenvalue weighted by Crippen LogP contribution is 2.45. The fourth-order valence-corrected chi connectivity index (χ4v) is 22.6. The van der Waals surface area contributed by atoms with Gasteiger partial charge in [-0.2, -0.15) is 0 Å². The van der Waals surface area contributed by atoms with Crippen LogP contribution in [0.15, 0.2) is 122 Å². The maximum atomic E-state index is 13.7. The molecule has 4 saturated heterocycles. The molecule has 0 N–H and O–H groups in total. The van der Waals surface area contributed by atoms with E-state index < -0.39 is 37.1 Å². The van der Waals surface area contributed by atoms with Gasteiger partial charge in [-0.15, -0.1) is 52.7 Å². The molecule has 0 bridgehead atoms. The van der Waals surface area contributed by atoms with Crippen LogP contribution in [0.1, 0.15) is 205 Å². The summed E-state index contributed by atoms with van der Waals surface area (Å²) in [4.78, 5) is 120. The molecular formula is C107H104Cl8F12N8O13. The van der Waals surface area contributed by atoms with Gasteiger partial charge >= 0.3 is 25.4 Å². The molecule has 0 aliphatic carbocycles. The van der Waals surface area contributed by atoms with Crippen LogP contribution in [0.4, 0.5) is 52.7 Å². The van der Waals surface area contributed by atoms with Crippen molar-refractivity contribution >= 4 is 189 Å². The molecule has 16 rings (SSSR count). The van der Waals surface area contributed by atoms with E-state index in [0.717, 1.165) is 46.1 Å². The fourth-order valence-electron chi connectivity index (χ4n) is 20.3. The Labute approximate surface area is 884 Å². The average Bonchev–Trinajstić information content (AvgIpc) is 1.59. The van der Waals surface area contributed by atoms with E-state index in [2.05, 4.69) is 18.9 Å². The Morgan fingerprint density at radius 3 is 0.899 bits per heavy atom. The number of amides is 4. The van der Waals surface area contributed by atoms with Gasteiger partial charge in [-0.05, 0) is 287 Å². The highest BCUT2D eigenvalue weighted by molar-refractivity contribution is 6.42. The van der Waals surface area contributed by atoms with Crippen molar-refractivity contribution in [3.8, 4) is 23.0 Å². The summed E-state index contributed by atoms with van der Waals surface area (Å²) in [6.07, 6.45) is -6.54. The van der Waals surface area contributed by atoms with Crippen LogP contribution in [0.5, 0.6) is 23.0 Å². The van der Waals surface area contributed by atoms with Crippen LogP contribution in [0, 0.1) is 85.0 Å². The summed E-state index contributed by atoms with van der Waals surface area (Å²) < 4.78 is 176. The number of carbonyl (C=O) groups is 9. The molecule has 8 aromatic carbocycles.